The van der Waals surface area contributed by atoms with Gasteiger partial charge in [-0.25, -0.2) is 0 Å². The molecule has 2 rings (SSSR count). The van der Waals surface area contributed by atoms with Gasteiger partial charge in [-0.1, -0.05) is 12.1 Å². The number of benzene rings is 1. The van der Waals surface area contributed by atoms with Crippen molar-refractivity contribution in [3.8, 4) is 5.75 Å². The molecule has 2 heteroatoms. The van der Waals surface area contributed by atoms with Gasteiger partial charge in [0.05, 0.1) is 7.11 Å². The summed E-state index contributed by atoms with van der Waals surface area (Å²) in [5, 5.41) is 3.64. The Morgan fingerprint density at radius 2 is 1.95 bits per heavy atom. The normalized spacial score (nSPS) is 22.9. The van der Waals surface area contributed by atoms with E-state index in [9.17, 15) is 0 Å². The molecule has 0 heterocycles. The Bertz CT molecular complexity index is 408. The fourth-order valence-electron chi connectivity index (χ4n) is 2.71. The van der Waals surface area contributed by atoms with Gasteiger partial charge in [-0.15, -0.1) is 0 Å². The Morgan fingerprint density at radius 3 is 2.53 bits per heavy atom. The van der Waals surface area contributed by atoms with Crippen LogP contribution in [0.15, 0.2) is 24.3 Å². The highest BCUT2D eigenvalue weighted by Gasteiger charge is 2.31. The van der Waals surface area contributed by atoms with Gasteiger partial charge in [-0.2, -0.15) is 0 Å². The minimum absolute atomic E-state index is 0.232. The van der Waals surface area contributed by atoms with Crippen LogP contribution in [0, 0.1) is 11.8 Å². The smallest absolute Gasteiger partial charge is 0.119 e. The van der Waals surface area contributed by atoms with Crippen molar-refractivity contribution in [1.29, 1.82) is 0 Å². The third kappa shape index (κ3) is 4.24. The van der Waals surface area contributed by atoms with Gasteiger partial charge in [0, 0.05) is 5.54 Å². The lowest BCUT2D eigenvalue weighted by molar-refractivity contribution is 0.159. The van der Waals surface area contributed by atoms with E-state index in [0.717, 1.165) is 24.1 Å². The van der Waals surface area contributed by atoms with Crippen molar-refractivity contribution in [3.05, 3.63) is 29.8 Å². The summed E-state index contributed by atoms with van der Waals surface area (Å²) >= 11 is 0. The monoisotopic (exact) mass is 261 g/mol. The summed E-state index contributed by atoms with van der Waals surface area (Å²) < 4.78 is 5.29. The molecule has 2 nitrogen and oxygen atoms in total. The number of ether oxygens (including phenoxy) is 1. The molecular weight excluding hydrogens is 234 g/mol. The van der Waals surface area contributed by atoms with E-state index in [0.29, 0.717) is 0 Å². The molecular formula is C17H27NO. The van der Waals surface area contributed by atoms with E-state index in [1.807, 2.05) is 6.07 Å². The molecule has 1 fully saturated rings. The first-order valence-corrected chi connectivity index (χ1v) is 7.36. The molecule has 0 amide bonds. The maximum Gasteiger partial charge on any atom is 0.119 e. The van der Waals surface area contributed by atoms with Crippen molar-refractivity contribution in [2.24, 2.45) is 11.8 Å². The van der Waals surface area contributed by atoms with Crippen molar-refractivity contribution >= 4 is 0 Å². The van der Waals surface area contributed by atoms with Crippen molar-refractivity contribution < 1.29 is 4.74 Å². The number of rotatable bonds is 5. The molecule has 0 saturated heterocycles. The van der Waals surface area contributed by atoms with Crippen LogP contribution in [0.2, 0.25) is 0 Å². The van der Waals surface area contributed by atoms with Crippen LogP contribution in [0.4, 0.5) is 0 Å². The highest BCUT2D eigenvalue weighted by Crippen LogP contribution is 2.37. The molecule has 1 aliphatic carbocycles. The van der Waals surface area contributed by atoms with E-state index in [2.05, 4.69) is 44.3 Å². The quantitative estimate of drug-likeness (QED) is 0.873. The molecule has 1 aliphatic rings. The molecule has 2 unspecified atom stereocenters. The summed E-state index contributed by atoms with van der Waals surface area (Å²) in [5.41, 5.74) is 1.64. The fraction of sp³-hybridized carbons (Fsp3) is 0.647. The maximum absolute atomic E-state index is 5.29. The predicted octanol–water partition coefficient (Wildman–Crippen LogP) is 3.65. The van der Waals surface area contributed by atoms with Gasteiger partial charge < -0.3 is 10.1 Å². The topological polar surface area (TPSA) is 21.3 Å². The second-order valence-corrected chi connectivity index (χ2v) is 6.78. The van der Waals surface area contributed by atoms with Crippen LogP contribution in [0.3, 0.4) is 0 Å². The molecule has 1 saturated carbocycles. The van der Waals surface area contributed by atoms with E-state index < -0.39 is 0 Å². The van der Waals surface area contributed by atoms with Crippen LogP contribution in [0.1, 0.15) is 39.2 Å². The Morgan fingerprint density at radius 1 is 1.21 bits per heavy atom. The molecule has 0 bridgehead atoms. The Kier molecular flexibility index (Phi) is 4.51. The van der Waals surface area contributed by atoms with Crippen molar-refractivity contribution in [2.75, 3.05) is 13.7 Å². The molecule has 19 heavy (non-hydrogen) atoms. The molecule has 0 spiro atoms. The largest absolute Gasteiger partial charge is 0.497 e. The molecule has 1 aromatic carbocycles. The lowest BCUT2D eigenvalue weighted by Gasteiger charge is -2.39. The maximum atomic E-state index is 5.29. The first kappa shape index (κ1) is 14.4. The number of hydrogen-bond acceptors (Lipinski definition) is 2. The van der Waals surface area contributed by atoms with Gasteiger partial charge >= 0.3 is 0 Å². The summed E-state index contributed by atoms with van der Waals surface area (Å²) in [6.45, 7) is 7.87. The predicted molar refractivity (Wildman–Crippen MR) is 80.7 cm³/mol. The number of hydrogen-bond donors (Lipinski definition) is 1. The summed E-state index contributed by atoms with van der Waals surface area (Å²) in [6.07, 6.45) is 3.93. The van der Waals surface area contributed by atoms with E-state index >= 15 is 0 Å². The zero-order valence-corrected chi connectivity index (χ0v) is 12.7. The second kappa shape index (κ2) is 5.96. The van der Waals surface area contributed by atoms with Crippen molar-refractivity contribution in [1.82, 2.24) is 5.32 Å². The molecule has 106 valence electrons. The Labute approximate surface area is 117 Å². The number of nitrogens with one attached hydrogen (secondary N) is 1. The first-order chi connectivity index (χ1) is 8.98. The lowest BCUT2D eigenvalue weighted by atomic mass is 9.70. The average Bonchev–Trinajstić information content (AvgIpc) is 2.33. The molecule has 1 aromatic rings. The summed E-state index contributed by atoms with van der Waals surface area (Å²) in [6, 6.07) is 8.50. The third-order valence-corrected chi connectivity index (χ3v) is 4.10. The van der Waals surface area contributed by atoms with E-state index in [1.54, 1.807) is 7.11 Å². The first-order valence-electron chi connectivity index (χ1n) is 7.36. The van der Waals surface area contributed by atoms with Gasteiger partial charge in [0.2, 0.25) is 0 Å². The molecule has 1 N–H and O–H groups in total. The summed E-state index contributed by atoms with van der Waals surface area (Å²) in [5.74, 6) is 2.65. The molecule has 2 atom stereocenters. The van der Waals surface area contributed by atoms with E-state index in [4.69, 9.17) is 4.74 Å². The molecule has 0 aliphatic heterocycles. The highest BCUT2D eigenvalue weighted by molar-refractivity contribution is 5.28. The van der Waals surface area contributed by atoms with Crippen LogP contribution < -0.4 is 10.1 Å². The zero-order chi connectivity index (χ0) is 13.9. The van der Waals surface area contributed by atoms with E-state index in [-0.39, 0.29) is 5.54 Å². The summed E-state index contributed by atoms with van der Waals surface area (Å²) in [7, 11) is 1.73. The van der Waals surface area contributed by atoms with Crippen LogP contribution in [-0.4, -0.2) is 19.2 Å². The SMILES string of the molecule is COc1cccc(CC2CCC2CNC(C)(C)C)c1. The van der Waals surface area contributed by atoms with Gasteiger partial charge in [0.15, 0.2) is 0 Å². The van der Waals surface area contributed by atoms with Crippen molar-refractivity contribution in [2.45, 2.75) is 45.6 Å². The van der Waals surface area contributed by atoms with Crippen molar-refractivity contribution in [3.63, 3.8) is 0 Å². The minimum atomic E-state index is 0.232. The average molecular weight is 261 g/mol. The van der Waals surface area contributed by atoms with E-state index in [1.165, 1.54) is 24.8 Å². The van der Waals surface area contributed by atoms with Crippen LogP contribution in [-0.2, 0) is 6.42 Å². The Balaban J connectivity index is 1.85. The fourth-order valence-corrected chi connectivity index (χ4v) is 2.71. The van der Waals surface area contributed by atoms with Crippen LogP contribution in [0.25, 0.3) is 0 Å². The standard InChI is InChI=1S/C17H27NO/c1-17(2,3)18-12-15-9-8-14(15)10-13-6-5-7-16(11-13)19-4/h5-7,11,14-15,18H,8-10,12H2,1-4H3. The molecule has 0 aromatic heterocycles. The van der Waals surface area contributed by atoms with Gasteiger partial charge in [0.25, 0.3) is 0 Å². The second-order valence-electron chi connectivity index (χ2n) is 6.78. The van der Waals surface area contributed by atoms with Gasteiger partial charge in [0.1, 0.15) is 5.75 Å². The minimum Gasteiger partial charge on any atom is -0.497 e. The zero-order valence-electron chi connectivity index (χ0n) is 12.7. The highest BCUT2D eigenvalue weighted by atomic mass is 16.5. The lowest BCUT2D eigenvalue weighted by Crippen LogP contribution is -2.44. The van der Waals surface area contributed by atoms with Gasteiger partial charge in [-0.3, -0.25) is 0 Å². The van der Waals surface area contributed by atoms with Crippen LogP contribution >= 0.6 is 0 Å². The molecule has 0 radical (unpaired) electrons. The summed E-state index contributed by atoms with van der Waals surface area (Å²) in [4.78, 5) is 0. The third-order valence-electron chi connectivity index (χ3n) is 4.10. The van der Waals surface area contributed by atoms with Gasteiger partial charge in [-0.05, 0) is 76.1 Å². The van der Waals surface area contributed by atoms with Crippen LogP contribution in [0.5, 0.6) is 5.75 Å². The Hall–Kier alpha value is -1.02. The number of methoxy groups -OCH3 is 1.